The van der Waals surface area contributed by atoms with Crippen LogP contribution in [0.4, 0.5) is 0 Å². The van der Waals surface area contributed by atoms with Crippen molar-refractivity contribution in [2.75, 3.05) is 0 Å². The van der Waals surface area contributed by atoms with Crippen LogP contribution >= 0.6 is 0 Å². The number of quaternary nitrogens is 1. The number of nitrogens with zero attached hydrogens (tertiary/aromatic N) is 2. The summed E-state index contributed by atoms with van der Waals surface area (Å²) in [6, 6.07) is 43.9. The molecule has 1 N–H and O–H groups in total. The zero-order valence-corrected chi connectivity index (χ0v) is 21.5. The minimum atomic E-state index is -0.0316. The third-order valence-electron chi connectivity index (χ3n) is 8.54. The molecule has 0 saturated heterocycles. The Morgan fingerprint density at radius 1 is 0.632 bits per heavy atom. The van der Waals surface area contributed by atoms with Gasteiger partial charge >= 0.3 is 0 Å². The van der Waals surface area contributed by atoms with E-state index in [0.717, 1.165) is 11.4 Å². The zero-order chi connectivity index (χ0) is 25.4. The maximum atomic E-state index is 5.20. The van der Waals surface area contributed by atoms with Gasteiger partial charge in [0.2, 0.25) is 6.17 Å². The number of aliphatic imine (C=N–C) groups is 1. The van der Waals surface area contributed by atoms with Gasteiger partial charge in [-0.1, -0.05) is 105 Å². The molecule has 0 amide bonds. The third kappa shape index (κ3) is 2.85. The second-order valence-corrected chi connectivity index (χ2v) is 11.0. The molecule has 0 spiro atoms. The number of nitrogens with one attached hydrogen (secondary N) is 1. The van der Waals surface area contributed by atoms with Gasteiger partial charge in [0, 0.05) is 21.8 Å². The van der Waals surface area contributed by atoms with Crippen LogP contribution in [0.15, 0.2) is 126 Å². The fourth-order valence-corrected chi connectivity index (χ4v) is 6.66. The van der Waals surface area contributed by atoms with Gasteiger partial charge in [0.15, 0.2) is 0 Å². The molecule has 6 aromatic rings. The number of hydrogen-bond acceptors (Lipinski definition) is 1. The minimum Gasteiger partial charge on any atom is -0.184 e. The van der Waals surface area contributed by atoms with Crippen molar-refractivity contribution < 1.29 is 5.01 Å². The summed E-state index contributed by atoms with van der Waals surface area (Å²) in [6.45, 7) is 4.71. The van der Waals surface area contributed by atoms with E-state index >= 15 is 0 Å². The molecule has 0 fully saturated rings. The Morgan fingerprint density at radius 3 is 2.13 bits per heavy atom. The van der Waals surface area contributed by atoms with Crippen LogP contribution < -0.4 is 5.01 Å². The first kappa shape index (κ1) is 21.6. The van der Waals surface area contributed by atoms with E-state index in [4.69, 9.17) is 4.99 Å². The summed E-state index contributed by atoms with van der Waals surface area (Å²) in [6.07, 6.45) is -0.0117. The molecule has 182 valence electrons. The predicted octanol–water partition coefficient (Wildman–Crippen LogP) is 6.91. The number of fused-ring (bicyclic) bond motifs is 6. The van der Waals surface area contributed by atoms with Crippen molar-refractivity contribution in [3.8, 4) is 11.1 Å². The van der Waals surface area contributed by atoms with Crippen LogP contribution in [0, 0.1) is 0 Å². The van der Waals surface area contributed by atoms with Crippen LogP contribution in [0.25, 0.3) is 32.9 Å². The highest BCUT2D eigenvalue weighted by atomic mass is 15.7. The van der Waals surface area contributed by atoms with E-state index in [-0.39, 0.29) is 11.6 Å². The van der Waals surface area contributed by atoms with Crippen molar-refractivity contribution in [2.24, 2.45) is 4.99 Å². The Kier molecular flexibility index (Phi) is 4.41. The molecule has 2 atom stereocenters. The summed E-state index contributed by atoms with van der Waals surface area (Å²) in [5.41, 5.74) is 10.3. The van der Waals surface area contributed by atoms with E-state index in [1.807, 2.05) is 0 Å². The van der Waals surface area contributed by atoms with Gasteiger partial charge < -0.3 is 0 Å². The first-order valence-corrected chi connectivity index (χ1v) is 13.4. The molecule has 2 heterocycles. The minimum absolute atomic E-state index is 0.0117. The zero-order valence-electron chi connectivity index (χ0n) is 21.5. The van der Waals surface area contributed by atoms with Crippen molar-refractivity contribution in [1.82, 2.24) is 4.68 Å². The molecule has 2 aliphatic rings. The molecule has 38 heavy (non-hydrogen) atoms. The maximum absolute atomic E-state index is 5.20. The highest BCUT2D eigenvalue weighted by Gasteiger charge is 2.44. The molecular weight excluding hydrogens is 462 g/mol. The smallest absolute Gasteiger partial charge is 0.184 e. The van der Waals surface area contributed by atoms with E-state index in [9.17, 15) is 0 Å². The van der Waals surface area contributed by atoms with Gasteiger partial charge in [-0.3, -0.25) is 0 Å². The lowest BCUT2D eigenvalue weighted by atomic mass is 9.82. The van der Waals surface area contributed by atoms with E-state index in [1.165, 1.54) is 54.6 Å². The normalized spacial score (nSPS) is 19.2. The molecule has 1 aromatic heterocycles. The van der Waals surface area contributed by atoms with E-state index in [1.54, 1.807) is 0 Å². The standard InChI is InChI=1S/C35H27N3/c1-35(2)29-19-11-9-17-25(29)27-22-32-28(21-30(27)35)26-18-10-12-20-31(26)37(32)38-33(23-13-5-3-6-14-23)36-34(38)24-15-7-4-8-16-24/h3-22,33H,1-2H3/p+1. The summed E-state index contributed by atoms with van der Waals surface area (Å²) >= 11 is 0. The summed E-state index contributed by atoms with van der Waals surface area (Å²) in [7, 11) is 0. The Hall–Kier alpha value is -4.47. The number of para-hydroxylation sites is 1. The first-order chi connectivity index (χ1) is 18.6. The Labute approximate surface area is 222 Å². The third-order valence-corrected chi connectivity index (χ3v) is 8.54. The summed E-state index contributed by atoms with van der Waals surface area (Å²) in [5.74, 6) is 1.07. The van der Waals surface area contributed by atoms with Crippen molar-refractivity contribution >= 4 is 27.6 Å². The molecule has 0 radical (unpaired) electrons. The Bertz CT molecular complexity index is 1890. The number of rotatable bonds is 3. The molecule has 1 aliphatic carbocycles. The van der Waals surface area contributed by atoms with Crippen LogP contribution in [0.1, 0.15) is 42.3 Å². The van der Waals surface area contributed by atoms with E-state index in [2.05, 4.69) is 140 Å². The highest BCUT2D eigenvalue weighted by Crippen LogP contribution is 2.50. The second kappa shape index (κ2) is 7.77. The fourth-order valence-electron chi connectivity index (χ4n) is 6.66. The first-order valence-electron chi connectivity index (χ1n) is 13.4. The molecule has 8 rings (SSSR count). The maximum Gasteiger partial charge on any atom is 0.261 e. The van der Waals surface area contributed by atoms with Gasteiger partial charge in [-0.2, -0.15) is 14.7 Å². The molecular formula is C35H28N3+. The van der Waals surface area contributed by atoms with Gasteiger partial charge in [-0.05, 0) is 52.6 Å². The quantitative estimate of drug-likeness (QED) is 0.279. The Morgan fingerprint density at radius 2 is 1.32 bits per heavy atom. The molecule has 3 nitrogen and oxygen atoms in total. The Balaban J connectivity index is 1.44. The van der Waals surface area contributed by atoms with Crippen LogP contribution in [0.5, 0.6) is 0 Å². The monoisotopic (exact) mass is 490 g/mol. The van der Waals surface area contributed by atoms with Gasteiger partial charge in [0.05, 0.1) is 5.56 Å². The van der Waals surface area contributed by atoms with Crippen molar-refractivity contribution in [3.63, 3.8) is 0 Å². The lowest BCUT2D eigenvalue weighted by Gasteiger charge is -2.35. The second-order valence-electron chi connectivity index (χ2n) is 11.0. The van der Waals surface area contributed by atoms with Gasteiger partial charge in [-0.15, -0.1) is 0 Å². The summed E-state index contributed by atoms with van der Waals surface area (Å²) in [5, 5.41) is 3.84. The molecule has 0 bridgehead atoms. The number of aromatic nitrogens is 1. The van der Waals surface area contributed by atoms with E-state index < -0.39 is 0 Å². The van der Waals surface area contributed by atoms with Crippen molar-refractivity contribution in [1.29, 1.82) is 0 Å². The highest BCUT2D eigenvalue weighted by molar-refractivity contribution is 6.10. The van der Waals surface area contributed by atoms with E-state index in [0.29, 0.717) is 0 Å². The number of benzene rings is 5. The molecule has 1 aliphatic heterocycles. The fraction of sp³-hybridized carbons (Fsp3) is 0.114. The van der Waals surface area contributed by atoms with Crippen LogP contribution in [-0.2, 0) is 5.41 Å². The average Bonchev–Trinajstić information content (AvgIpc) is 3.37. The van der Waals surface area contributed by atoms with Crippen LogP contribution in [-0.4, -0.2) is 10.5 Å². The molecule has 2 unspecified atom stereocenters. The van der Waals surface area contributed by atoms with Crippen LogP contribution in [0.3, 0.4) is 0 Å². The molecule has 3 heteroatoms. The van der Waals surface area contributed by atoms with Crippen LogP contribution in [0.2, 0.25) is 0 Å². The van der Waals surface area contributed by atoms with Gasteiger partial charge in [-0.25, -0.2) is 0 Å². The average molecular weight is 491 g/mol. The number of hydrogen-bond donors (Lipinski definition) is 1. The van der Waals surface area contributed by atoms with Gasteiger partial charge in [0.1, 0.15) is 11.0 Å². The van der Waals surface area contributed by atoms with Crippen molar-refractivity contribution in [3.05, 3.63) is 144 Å². The summed E-state index contributed by atoms with van der Waals surface area (Å²) < 4.78 is 2.49. The topological polar surface area (TPSA) is 21.7 Å². The van der Waals surface area contributed by atoms with Crippen molar-refractivity contribution in [2.45, 2.75) is 25.4 Å². The largest absolute Gasteiger partial charge is 0.261 e. The lowest BCUT2D eigenvalue weighted by molar-refractivity contribution is -0.901. The molecule has 5 aromatic carbocycles. The number of amidine groups is 1. The van der Waals surface area contributed by atoms with Gasteiger partial charge in [0.25, 0.3) is 5.84 Å². The summed E-state index contributed by atoms with van der Waals surface area (Å²) in [4.78, 5) is 5.20. The predicted molar refractivity (Wildman–Crippen MR) is 156 cm³/mol. The molecule has 0 saturated carbocycles. The SMILES string of the molecule is CC1(C)c2ccccc2-c2cc3c(cc21)c1ccccc1n3[NH+]1C(c2ccccc2)=NC1c1ccccc1. The lowest BCUT2D eigenvalue weighted by Crippen LogP contribution is -3.21.